The molecule has 0 bridgehead atoms. The van der Waals surface area contributed by atoms with Crippen LogP contribution in [0.1, 0.15) is 24.1 Å². The molecule has 5 rings (SSSR count). The van der Waals surface area contributed by atoms with Gasteiger partial charge in [0.25, 0.3) is 0 Å². The molecule has 35 heavy (non-hydrogen) atoms. The molecule has 1 unspecified atom stereocenters. The van der Waals surface area contributed by atoms with E-state index in [4.69, 9.17) is 10.00 Å². The maximum Gasteiger partial charge on any atom is 0.321 e. The first-order valence-electron chi connectivity index (χ1n) is 11.5. The molecule has 9 heteroatoms. The summed E-state index contributed by atoms with van der Waals surface area (Å²) < 4.78 is 21.1. The molecule has 0 radical (unpaired) electrons. The number of ether oxygens (including phenoxy) is 1. The van der Waals surface area contributed by atoms with E-state index < -0.39 is 0 Å². The highest BCUT2D eigenvalue weighted by molar-refractivity contribution is 7.15. The van der Waals surface area contributed by atoms with E-state index in [0.717, 1.165) is 41.4 Å². The molecule has 178 valence electrons. The number of carbonyl (C=O) groups excluding carboxylic acids is 1. The Morgan fingerprint density at radius 2 is 2.06 bits per heavy atom. The molecule has 0 spiro atoms. The number of hydrogen-bond acceptors (Lipinski definition) is 5. The minimum Gasteiger partial charge on any atom is -0.376 e. The number of halogens is 1. The zero-order chi connectivity index (χ0) is 24.2. The van der Waals surface area contributed by atoms with Crippen molar-refractivity contribution in [2.24, 2.45) is 0 Å². The fourth-order valence-corrected chi connectivity index (χ4v) is 5.07. The van der Waals surface area contributed by atoms with Crippen LogP contribution in [0.5, 0.6) is 0 Å². The molecule has 1 aliphatic rings. The van der Waals surface area contributed by atoms with E-state index in [-0.39, 0.29) is 18.0 Å². The predicted molar refractivity (Wildman–Crippen MR) is 133 cm³/mol. The fraction of sp³-hybridized carbons (Fsp3) is 0.269. The zero-order valence-corrected chi connectivity index (χ0v) is 19.8. The van der Waals surface area contributed by atoms with E-state index in [1.807, 2.05) is 10.6 Å². The predicted octanol–water partition coefficient (Wildman–Crippen LogP) is 5.33. The van der Waals surface area contributed by atoms with Crippen molar-refractivity contribution < 1.29 is 13.9 Å². The molecule has 0 aliphatic carbocycles. The molecule has 4 aromatic rings. The summed E-state index contributed by atoms with van der Waals surface area (Å²) in [6.45, 7) is 1.75. The Kier molecular flexibility index (Phi) is 6.75. The van der Waals surface area contributed by atoms with Crippen LogP contribution in [0.4, 0.5) is 14.9 Å². The van der Waals surface area contributed by atoms with Crippen molar-refractivity contribution in [3.8, 4) is 17.3 Å². The first kappa shape index (κ1) is 23.0. The Hall–Kier alpha value is -3.74. The van der Waals surface area contributed by atoms with E-state index in [1.54, 1.807) is 41.3 Å². The summed E-state index contributed by atoms with van der Waals surface area (Å²) >= 11 is 1.54. The van der Waals surface area contributed by atoms with E-state index in [0.29, 0.717) is 30.8 Å². The zero-order valence-electron chi connectivity index (χ0n) is 19.0. The Morgan fingerprint density at radius 3 is 2.77 bits per heavy atom. The van der Waals surface area contributed by atoms with Gasteiger partial charge in [-0.25, -0.2) is 14.2 Å². The molecule has 7 nitrogen and oxygen atoms in total. The molecule has 1 fully saturated rings. The lowest BCUT2D eigenvalue weighted by molar-refractivity contribution is 0.0838. The second kappa shape index (κ2) is 10.3. The first-order chi connectivity index (χ1) is 17.1. The van der Waals surface area contributed by atoms with Crippen molar-refractivity contribution in [2.45, 2.75) is 25.4 Å². The van der Waals surface area contributed by atoms with Crippen LogP contribution in [0.15, 0.2) is 60.1 Å². The minimum atomic E-state index is -0.277. The molecule has 2 amide bonds. The molecule has 1 saturated heterocycles. The normalized spacial score (nSPS) is 15.3. The summed E-state index contributed by atoms with van der Waals surface area (Å²) in [5, 5.41) is 14.0. The smallest absolute Gasteiger partial charge is 0.321 e. The van der Waals surface area contributed by atoms with Gasteiger partial charge in [0, 0.05) is 54.6 Å². The number of thiazole rings is 1. The number of amides is 2. The summed E-state index contributed by atoms with van der Waals surface area (Å²) in [6.07, 6.45) is 4.57. The number of hydrogen-bond donors (Lipinski definition) is 1. The minimum absolute atomic E-state index is 0.0301. The van der Waals surface area contributed by atoms with Crippen molar-refractivity contribution in [2.75, 3.05) is 25.0 Å². The van der Waals surface area contributed by atoms with Crippen LogP contribution in [0.3, 0.4) is 0 Å². The molecule has 2 aromatic heterocycles. The van der Waals surface area contributed by atoms with Gasteiger partial charge in [-0.15, -0.1) is 11.3 Å². The first-order valence-corrected chi connectivity index (χ1v) is 12.4. The molecule has 1 aliphatic heterocycles. The number of nitriles is 1. The van der Waals surface area contributed by atoms with Gasteiger partial charge in [0.1, 0.15) is 5.82 Å². The number of carbonyl (C=O) groups is 1. The van der Waals surface area contributed by atoms with Crippen molar-refractivity contribution >= 4 is 28.0 Å². The molecule has 1 atom stereocenters. The highest BCUT2D eigenvalue weighted by Crippen LogP contribution is 2.24. The molecule has 1 N–H and O–H groups in total. The van der Waals surface area contributed by atoms with Gasteiger partial charge in [-0.1, -0.05) is 0 Å². The van der Waals surface area contributed by atoms with Crippen LogP contribution in [0.25, 0.3) is 16.2 Å². The maximum atomic E-state index is 13.3. The Morgan fingerprint density at radius 1 is 1.26 bits per heavy atom. The van der Waals surface area contributed by atoms with Crippen LogP contribution in [0, 0.1) is 17.1 Å². The standard InChI is InChI=1S/C26H24FN5O2S/c27-20-7-5-19(6-8-20)24-16-32-22(17-35-26(32)30-24)11-12-31(15-23-2-1-13-34-23)25(33)29-21-9-3-18(14-28)4-10-21/h3-10,16-17,23H,1-2,11-13,15H2,(H,29,33). The van der Waals surface area contributed by atoms with Crippen molar-refractivity contribution in [3.05, 3.63) is 77.2 Å². The molecule has 0 saturated carbocycles. The van der Waals surface area contributed by atoms with Gasteiger partial charge < -0.3 is 15.0 Å². The monoisotopic (exact) mass is 489 g/mol. The lowest BCUT2D eigenvalue weighted by atomic mass is 10.2. The van der Waals surface area contributed by atoms with Gasteiger partial charge in [0.2, 0.25) is 0 Å². The topological polar surface area (TPSA) is 82.7 Å². The average molecular weight is 490 g/mol. The second-order valence-corrected chi connectivity index (χ2v) is 9.30. The summed E-state index contributed by atoms with van der Waals surface area (Å²) in [4.78, 5) is 20.5. The number of benzene rings is 2. The number of urea groups is 1. The van der Waals surface area contributed by atoms with Gasteiger partial charge in [0.05, 0.1) is 23.4 Å². The number of fused-ring (bicyclic) bond motifs is 1. The lowest BCUT2D eigenvalue weighted by Crippen LogP contribution is -2.41. The summed E-state index contributed by atoms with van der Waals surface area (Å²) in [5.74, 6) is -0.277. The number of nitrogens with zero attached hydrogens (tertiary/aromatic N) is 4. The van der Waals surface area contributed by atoms with E-state index >= 15 is 0 Å². The largest absolute Gasteiger partial charge is 0.376 e. The van der Waals surface area contributed by atoms with Crippen LogP contribution in [0.2, 0.25) is 0 Å². The number of nitrogens with one attached hydrogen (secondary N) is 1. The van der Waals surface area contributed by atoms with Crippen LogP contribution < -0.4 is 5.32 Å². The average Bonchev–Trinajstić information content (AvgIpc) is 3.61. The fourth-order valence-electron chi connectivity index (χ4n) is 4.16. The van der Waals surface area contributed by atoms with Gasteiger partial charge in [-0.05, 0) is 61.4 Å². The summed E-state index contributed by atoms with van der Waals surface area (Å²) in [6, 6.07) is 15.0. The van der Waals surface area contributed by atoms with E-state index in [9.17, 15) is 9.18 Å². The summed E-state index contributed by atoms with van der Waals surface area (Å²) in [5.41, 5.74) is 3.88. The van der Waals surface area contributed by atoms with E-state index in [2.05, 4.69) is 21.8 Å². The second-order valence-electron chi connectivity index (χ2n) is 8.46. The SMILES string of the molecule is N#Cc1ccc(NC(=O)N(CCc2csc3nc(-c4ccc(F)cc4)cn23)CC2CCCO2)cc1. The Bertz CT molecular complexity index is 1350. The maximum absolute atomic E-state index is 13.3. The third kappa shape index (κ3) is 5.34. The van der Waals surface area contributed by atoms with Gasteiger partial charge in [-0.2, -0.15) is 5.26 Å². The van der Waals surface area contributed by atoms with Gasteiger partial charge in [0.15, 0.2) is 4.96 Å². The van der Waals surface area contributed by atoms with Crippen LogP contribution >= 0.6 is 11.3 Å². The van der Waals surface area contributed by atoms with Crippen LogP contribution in [-0.4, -0.2) is 46.1 Å². The van der Waals surface area contributed by atoms with Crippen molar-refractivity contribution in [1.29, 1.82) is 5.26 Å². The highest BCUT2D eigenvalue weighted by Gasteiger charge is 2.23. The summed E-state index contributed by atoms with van der Waals surface area (Å²) in [7, 11) is 0. The van der Waals surface area contributed by atoms with Gasteiger partial charge in [-0.3, -0.25) is 4.40 Å². The third-order valence-corrected chi connectivity index (χ3v) is 6.95. The number of anilines is 1. The Balaban J connectivity index is 1.30. The third-order valence-electron chi connectivity index (χ3n) is 6.06. The van der Waals surface area contributed by atoms with E-state index in [1.165, 1.54) is 23.5 Å². The van der Waals surface area contributed by atoms with Crippen molar-refractivity contribution in [1.82, 2.24) is 14.3 Å². The molecule has 2 aromatic carbocycles. The quantitative estimate of drug-likeness (QED) is 0.380. The van der Waals surface area contributed by atoms with Crippen LogP contribution in [-0.2, 0) is 11.2 Å². The number of rotatable bonds is 7. The number of imidazole rings is 1. The number of aromatic nitrogens is 2. The molecule has 3 heterocycles. The molecular formula is C26H24FN5O2S. The van der Waals surface area contributed by atoms with Gasteiger partial charge >= 0.3 is 6.03 Å². The lowest BCUT2D eigenvalue weighted by Gasteiger charge is -2.25. The Labute approximate surface area is 206 Å². The van der Waals surface area contributed by atoms with Crippen molar-refractivity contribution in [3.63, 3.8) is 0 Å². The molecular weight excluding hydrogens is 465 g/mol. The highest BCUT2D eigenvalue weighted by atomic mass is 32.1.